The van der Waals surface area contributed by atoms with Crippen LogP contribution in [0.1, 0.15) is 46.0 Å². The standard InChI is InChI=1S/C10H21NO2.ClH/c1-3-4-5-6-7-8-13-10(12)9(2)11;/h9H,3-8,11H2,1-2H3;1H/t9-;/m0./s1. The van der Waals surface area contributed by atoms with Gasteiger partial charge in [-0.15, -0.1) is 12.4 Å². The minimum atomic E-state index is -0.490. The van der Waals surface area contributed by atoms with Crippen LogP contribution in [0.15, 0.2) is 0 Å². The molecule has 0 bridgehead atoms. The minimum absolute atomic E-state index is 0. The molecule has 0 rings (SSSR count). The van der Waals surface area contributed by atoms with E-state index in [9.17, 15) is 4.79 Å². The lowest BCUT2D eigenvalue weighted by Gasteiger charge is -2.06. The molecule has 4 heteroatoms. The number of hydrogen-bond donors (Lipinski definition) is 1. The van der Waals surface area contributed by atoms with Gasteiger partial charge in [-0.1, -0.05) is 32.6 Å². The van der Waals surface area contributed by atoms with Crippen molar-refractivity contribution in [1.29, 1.82) is 0 Å². The third-order valence-electron chi connectivity index (χ3n) is 1.86. The first-order valence-electron chi connectivity index (χ1n) is 5.10. The Hall–Kier alpha value is -0.280. The Labute approximate surface area is 92.8 Å². The van der Waals surface area contributed by atoms with Gasteiger partial charge in [-0.2, -0.15) is 0 Å². The van der Waals surface area contributed by atoms with Crippen LogP contribution in [-0.4, -0.2) is 18.6 Å². The van der Waals surface area contributed by atoms with Crippen LogP contribution in [0.2, 0.25) is 0 Å². The Bertz CT molecular complexity index is 140. The number of ether oxygens (including phenoxy) is 1. The highest BCUT2D eigenvalue weighted by Crippen LogP contribution is 2.02. The monoisotopic (exact) mass is 223 g/mol. The molecule has 2 N–H and O–H groups in total. The van der Waals surface area contributed by atoms with E-state index in [2.05, 4.69) is 6.92 Å². The van der Waals surface area contributed by atoms with Crippen molar-refractivity contribution in [3.8, 4) is 0 Å². The van der Waals surface area contributed by atoms with Gasteiger partial charge in [0.05, 0.1) is 6.61 Å². The van der Waals surface area contributed by atoms with E-state index < -0.39 is 6.04 Å². The van der Waals surface area contributed by atoms with Crippen molar-refractivity contribution >= 4 is 18.4 Å². The van der Waals surface area contributed by atoms with Crippen LogP contribution in [0, 0.1) is 0 Å². The van der Waals surface area contributed by atoms with Gasteiger partial charge in [0, 0.05) is 0 Å². The molecule has 0 fully saturated rings. The van der Waals surface area contributed by atoms with Crippen LogP contribution in [0.3, 0.4) is 0 Å². The van der Waals surface area contributed by atoms with Crippen molar-refractivity contribution in [3.63, 3.8) is 0 Å². The highest BCUT2D eigenvalue weighted by atomic mass is 35.5. The average molecular weight is 224 g/mol. The number of nitrogens with two attached hydrogens (primary N) is 1. The fourth-order valence-electron chi connectivity index (χ4n) is 1.01. The summed E-state index contributed by atoms with van der Waals surface area (Å²) in [6.45, 7) is 4.33. The molecule has 14 heavy (non-hydrogen) atoms. The topological polar surface area (TPSA) is 52.3 Å². The molecule has 1 atom stereocenters. The molecule has 0 aliphatic carbocycles. The number of hydrogen-bond acceptors (Lipinski definition) is 3. The van der Waals surface area contributed by atoms with Crippen molar-refractivity contribution in [3.05, 3.63) is 0 Å². The number of carbonyl (C=O) groups excluding carboxylic acids is 1. The van der Waals surface area contributed by atoms with Crippen molar-refractivity contribution in [1.82, 2.24) is 0 Å². The first kappa shape index (κ1) is 16.2. The molecular formula is C10H22ClNO2. The molecule has 0 saturated heterocycles. The summed E-state index contributed by atoms with van der Waals surface area (Å²) >= 11 is 0. The van der Waals surface area contributed by atoms with Gasteiger partial charge >= 0.3 is 5.97 Å². The van der Waals surface area contributed by atoms with Gasteiger partial charge in [-0.05, 0) is 13.3 Å². The molecule has 0 saturated carbocycles. The number of carbonyl (C=O) groups is 1. The summed E-state index contributed by atoms with van der Waals surface area (Å²) in [5.41, 5.74) is 5.32. The molecule has 0 aromatic carbocycles. The predicted molar refractivity (Wildman–Crippen MR) is 60.6 cm³/mol. The van der Waals surface area contributed by atoms with Gasteiger partial charge in [0.2, 0.25) is 0 Å². The van der Waals surface area contributed by atoms with Crippen molar-refractivity contribution in [2.45, 2.75) is 52.0 Å². The van der Waals surface area contributed by atoms with E-state index in [0.717, 1.165) is 12.8 Å². The first-order chi connectivity index (χ1) is 6.18. The van der Waals surface area contributed by atoms with Gasteiger partial charge in [-0.3, -0.25) is 4.79 Å². The Morgan fingerprint density at radius 3 is 2.36 bits per heavy atom. The zero-order valence-corrected chi connectivity index (χ0v) is 9.94. The molecule has 0 unspecified atom stereocenters. The number of rotatable bonds is 7. The van der Waals surface area contributed by atoms with Crippen LogP contribution in [0.5, 0.6) is 0 Å². The van der Waals surface area contributed by atoms with Crippen molar-refractivity contribution < 1.29 is 9.53 Å². The lowest BCUT2D eigenvalue weighted by Crippen LogP contribution is -2.28. The normalized spacial score (nSPS) is 11.6. The van der Waals surface area contributed by atoms with Gasteiger partial charge in [0.25, 0.3) is 0 Å². The molecule has 0 aromatic heterocycles. The summed E-state index contributed by atoms with van der Waals surface area (Å²) in [7, 11) is 0. The Balaban J connectivity index is 0. The third kappa shape index (κ3) is 9.81. The van der Waals surface area contributed by atoms with E-state index in [1.165, 1.54) is 19.3 Å². The summed E-state index contributed by atoms with van der Waals surface area (Å²) in [4.78, 5) is 10.9. The minimum Gasteiger partial charge on any atom is -0.465 e. The van der Waals surface area contributed by atoms with Gasteiger partial charge in [0.1, 0.15) is 6.04 Å². The maximum atomic E-state index is 10.9. The zero-order valence-electron chi connectivity index (χ0n) is 9.12. The fraction of sp³-hybridized carbons (Fsp3) is 0.900. The SMILES string of the molecule is CCCCCCCOC(=O)[C@H](C)N.Cl. The van der Waals surface area contributed by atoms with Crippen LogP contribution >= 0.6 is 12.4 Å². The van der Waals surface area contributed by atoms with Crippen LogP contribution in [0.4, 0.5) is 0 Å². The van der Waals surface area contributed by atoms with Crippen LogP contribution in [-0.2, 0) is 9.53 Å². The lowest BCUT2D eigenvalue weighted by atomic mass is 10.2. The Morgan fingerprint density at radius 1 is 1.29 bits per heavy atom. The number of esters is 1. The number of unbranched alkanes of at least 4 members (excludes halogenated alkanes) is 4. The largest absolute Gasteiger partial charge is 0.465 e. The molecule has 0 aliphatic rings. The second-order valence-corrected chi connectivity index (χ2v) is 3.37. The van der Waals surface area contributed by atoms with E-state index >= 15 is 0 Å². The molecule has 0 radical (unpaired) electrons. The highest BCUT2D eigenvalue weighted by Gasteiger charge is 2.07. The summed E-state index contributed by atoms with van der Waals surface area (Å²) in [5.74, 6) is -0.296. The van der Waals surface area contributed by atoms with Crippen LogP contribution in [0.25, 0.3) is 0 Å². The molecule has 0 spiro atoms. The van der Waals surface area contributed by atoms with Crippen molar-refractivity contribution in [2.24, 2.45) is 5.73 Å². The quantitative estimate of drug-likeness (QED) is 0.532. The van der Waals surface area contributed by atoms with E-state index in [1.807, 2.05) is 0 Å². The average Bonchev–Trinajstić information content (AvgIpc) is 2.10. The molecule has 86 valence electrons. The lowest BCUT2D eigenvalue weighted by molar-refractivity contribution is -0.144. The van der Waals surface area contributed by atoms with Crippen molar-refractivity contribution in [2.75, 3.05) is 6.61 Å². The second kappa shape index (κ2) is 10.8. The molecule has 0 aromatic rings. The van der Waals surface area contributed by atoms with E-state index in [1.54, 1.807) is 6.92 Å². The summed E-state index contributed by atoms with van der Waals surface area (Å²) in [5, 5.41) is 0. The van der Waals surface area contributed by atoms with Gasteiger partial charge < -0.3 is 10.5 Å². The summed E-state index contributed by atoms with van der Waals surface area (Å²) in [6.07, 6.45) is 5.83. The molecule has 0 amide bonds. The Morgan fingerprint density at radius 2 is 1.86 bits per heavy atom. The van der Waals surface area contributed by atoms with E-state index in [0.29, 0.717) is 6.61 Å². The van der Waals surface area contributed by atoms with E-state index in [4.69, 9.17) is 10.5 Å². The molecule has 0 aliphatic heterocycles. The Kier molecular flexibility index (Phi) is 12.5. The molecule has 3 nitrogen and oxygen atoms in total. The first-order valence-corrected chi connectivity index (χ1v) is 5.10. The fourth-order valence-corrected chi connectivity index (χ4v) is 1.01. The highest BCUT2D eigenvalue weighted by molar-refractivity contribution is 5.85. The van der Waals surface area contributed by atoms with Gasteiger partial charge in [-0.25, -0.2) is 0 Å². The summed E-state index contributed by atoms with van der Waals surface area (Å²) < 4.78 is 4.92. The maximum absolute atomic E-state index is 10.9. The van der Waals surface area contributed by atoms with Gasteiger partial charge in [0.15, 0.2) is 0 Å². The predicted octanol–water partition coefficient (Wildman–Crippen LogP) is 2.27. The summed E-state index contributed by atoms with van der Waals surface area (Å²) in [6, 6.07) is -0.490. The van der Waals surface area contributed by atoms with Crippen LogP contribution < -0.4 is 5.73 Å². The molecule has 0 heterocycles. The second-order valence-electron chi connectivity index (χ2n) is 3.37. The maximum Gasteiger partial charge on any atom is 0.322 e. The zero-order chi connectivity index (χ0) is 10.1. The smallest absolute Gasteiger partial charge is 0.322 e. The molecular weight excluding hydrogens is 202 g/mol. The van der Waals surface area contributed by atoms with E-state index in [-0.39, 0.29) is 18.4 Å². The third-order valence-corrected chi connectivity index (χ3v) is 1.86. The number of halogens is 1.